The van der Waals surface area contributed by atoms with Gasteiger partial charge in [-0.25, -0.2) is 0 Å². The second kappa shape index (κ2) is 8.15. The fourth-order valence-corrected chi connectivity index (χ4v) is 2.27. The molecule has 0 aliphatic heterocycles. The van der Waals surface area contributed by atoms with Crippen molar-refractivity contribution >= 4 is 5.91 Å². The molecule has 0 saturated heterocycles. The van der Waals surface area contributed by atoms with Crippen LogP contribution in [0.3, 0.4) is 0 Å². The topological polar surface area (TPSA) is 86.5 Å². The second-order valence-electron chi connectivity index (χ2n) is 5.53. The highest BCUT2D eigenvalue weighted by molar-refractivity contribution is 5.80. The Labute approximate surface area is 150 Å². The van der Waals surface area contributed by atoms with Gasteiger partial charge in [-0.15, -0.1) is 0 Å². The van der Waals surface area contributed by atoms with Gasteiger partial charge in [-0.05, 0) is 31.2 Å². The Morgan fingerprint density at radius 3 is 2.69 bits per heavy atom. The maximum atomic E-state index is 12.1. The van der Waals surface area contributed by atoms with E-state index in [-0.39, 0.29) is 12.5 Å². The molecule has 134 valence electrons. The van der Waals surface area contributed by atoms with Gasteiger partial charge < -0.3 is 19.3 Å². The molecule has 3 aromatic rings. The normalized spacial score (nSPS) is 11.6. The maximum absolute atomic E-state index is 12.1. The number of aromatic nitrogens is 2. The zero-order chi connectivity index (χ0) is 18.4. The molecule has 0 bridgehead atoms. The highest BCUT2D eigenvalue weighted by Crippen LogP contribution is 2.21. The fourth-order valence-electron chi connectivity index (χ4n) is 2.27. The molecule has 0 fully saturated rings. The van der Waals surface area contributed by atoms with E-state index in [1.165, 1.54) is 0 Å². The van der Waals surface area contributed by atoms with Crippen molar-refractivity contribution in [1.82, 2.24) is 15.5 Å². The van der Waals surface area contributed by atoms with Crippen molar-refractivity contribution in [3.05, 3.63) is 60.5 Å². The maximum Gasteiger partial charge on any atom is 0.261 e. The van der Waals surface area contributed by atoms with Crippen molar-refractivity contribution in [3.8, 4) is 22.9 Å². The van der Waals surface area contributed by atoms with Crippen LogP contribution < -0.4 is 14.8 Å². The molecule has 1 aromatic heterocycles. The molecule has 0 aliphatic rings. The van der Waals surface area contributed by atoms with Gasteiger partial charge in [0.15, 0.2) is 6.10 Å². The second-order valence-corrected chi connectivity index (χ2v) is 5.53. The Morgan fingerprint density at radius 1 is 1.15 bits per heavy atom. The van der Waals surface area contributed by atoms with Gasteiger partial charge in [0, 0.05) is 5.56 Å². The van der Waals surface area contributed by atoms with Crippen molar-refractivity contribution in [2.24, 2.45) is 0 Å². The molecule has 1 N–H and O–H groups in total. The van der Waals surface area contributed by atoms with Crippen molar-refractivity contribution < 1.29 is 18.8 Å². The third-order valence-corrected chi connectivity index (χ3v) is 3.64. The molecule has 1 heterocycles. The predicted molar refractivity (Wildman–Crippen MR) is 94.7 cm³/mol. The summed E-state index contributed by atoms with van der Waals surface area (Å²) in [5, 5.41) is 6.65. The summed E-state index contributed by atoms with van der Waals surface area (Å²) in [6.45, 7) is 1.80. The van der Waals surface area contributed by atoms with E-state index in [4.69, 9.17) is 14.0 Å². The molecule has 3 rings (SSSR count). The molecule has 0 saturated carbocycles. The lowest BCUT2D eigenvalue weighted by atomic mass is 10.2. The molecule has 0 aliphatic carbocycles. The average molecular weight is 353 g/mol. The number of nitrogens with one attached hydrogen (secondary N) is 1. The lowest BCUT2D eigenvalue weighted by molar-refractivity contribution is -0.127. The van der Waals surface area contributed by atoms with E-state index in [9.17, 15) is 4.79 Å². The first-order valence-corrected chi connectivity index (χ1v) is 8.12. The molecule has 1 amide bonds. The molecule has 7 heteroatoms. The number of benzene rings is 2. The van der Waals surface area contributed by atoms with Crippen molar-refractivity contribution in [1.29, 1.82) is 0 Å². The lowest BCUT2D eigenvalue weighted by Gasteiger charge is -2.13. The van der Waals surface area contributed by atoms with Crippen LogP contribution in [0.1, 0.15) is 12.8 Å². The molecule has 0 radical (unpaired) electrons. The molecule has 2 aromatic carbocycles. The highest BCUT2D eigenvalue weighted by Gasteiger charge is 2.16. The van der Waals surface area contributed by atoms with Gasteiger partial charge in [0.25, 0.3) is 5.91 Å². The number of hydrogen-bond donors (Lipinski definition) is 1. The van der Waals surface area contributed by atoms with E-state index in [1.807, 2.05) is 42.5 Å². The predicted octanol–water partition coefficient (Wildman–Crippen LogP) is 2.83. The van der Waals surface area contributed by atoms with Crippen LogP contribution in [0.15, 0.2) is 59.1 Å². The SMILES string of the molecule is COc1cccc(-c2noc(CNC(=O)[C@H](C)Oc3ccccc3)n2)c1. The van der Waals surface area contributed by atoms with Crippen LogP contribution in [0, 0.1) is 0 Å². The summed E-state index contributed by atoms with van der Waals surface area (Å²) in [7, 11) is 1.59. The fraction of sp³-hybridized carbons (Fsp3) is 0.211. The van der Waals surface area contributed by atoms with E-state index in [2.05, 4.69) is 15.5 Å². The minimum absolute atomic E-state index is 0.123. The van der Waals surface area contributed by atoms with Crippen molar-refractivity contribution in [2.45, 2.75) is 19.6 Å². The Balaban J connectivity index is 1.56. The van der Waals surface area contributed by atoms with Gasteiger partial charge in [0.1, 0.15) is 11.5 Å². The van der Waals surface area contributed by atoms with Crippen LogP contribution in [-0.2, 0) is 11.3 Å². The van der Waals surface area contributed by atoms with Crippen LogP contribution in [0.2, 0.25) is 0 Å². The molecule has 26 heavy (non-hydrogen) atoms. The van der Waals surface area contributed by atoms with Crippen LogP contribution in [-0.4, -0.2) is 29.3 Å². The highest BCUT2D eigenvalue weighted by atomic mass is 16.5. The molecular weight excluding hydrogens is 334 g/mol. The minimum Gasteiger partial charge on any atom is -0.497 e. The van der Waals surface area contributed by atoms with Gasteiger partial charge >= 0.3 is 0 Å². The summed E-state index contributed by atoms with van der Waals surface area (Å²) < 4.78 is 15.9. The van der Waals surface area contributed by atoms with Crippen LogP contribution in [0.4, 0.5) is 0 Å². The smallest absolute Gasteiger partial charge is 0.261 e. The zero-order valence-corrected chi connectivity index (χ0v) is 14.5. The Kier molecular flexibility index (Phi) is 5.48. The van der Waals surface area contributed by atoms with Crippen LogP contribution >= 0.6 is 0 Å². The van der Waals surface area contributed by atoms with Gasteiger partial charge in [-0.3, -0.25) is 4.79 Å². The first kappa shape index (κ1) is 17.5. The number of amides is 1. The van der Waals surface area contributed by atoms with E-state index >= 15 is 0 Å². The summed E-state index contributed by atoms with van der Waals surface area (Å²) in [4.78, 5) is 16.4. The van der Waals surface area contributed by atoms with Crippen LogP contribution in [0.5, 0.6) is 11.5 Å². The molecular formula is C19H19N3O4. The van der Waals surface area contributed by atoms with Gasteiger partial charge in [0.2, 0.25) is 11.7 Å². The molecule has 1 atom stereocenters. The van der Waals surface area contributed by atoms with Crippen molar-refractivity contribution in [3.63, 3.8) is 0 Å². The number of hydrogen-bond acceptors (Lipinski definition) is 6. The summed E-state index contributed by atoms with van der Waals surface area (Å²) in [5.41, 5.74) is 0.770. The Hall–Kier alpha value is -3.35. The number of carbonyl (C=O) groups is 1. The Bertz CT molecular complexity index is 864. The summed E-state index contributed by atoms with van der Waals surface area (Å²) >= 11 is 0. The third kappa shape index (κ3) is 4.38. The van der Waals surface area contributed by atoms with Crippen LogP contribution in [0.25, 0.3) is 11.4 Å². The van der Waals surface area contributed by atoms with Gasteiger partial charge in [-0.2, -0.15) is 4.98 Å². The lowest BCUT2D eigenvalue weighted by Crippen LogP contribution is -2.35. The number of ether oxygens (including phenoxy) is 2. The molecule has 0 unspecified atom stereocenters. The molecule has 7 nitrogen and oxygen atoms in total. The number of nitrogens with zero attached hydrogens (tertiary/aromatic N) is 2. The number of carbonyl (C=O) groups excluding carboxylic acids is 1. The minimum atomic E-state index is -0.641. The first-order valence-electron chi connectivity index (χ1n) is 8.12. The summed E-state index contributed by atoms with van der Waals surface area (Å²) in [6.07, 6.45) is -0.641. The van der Waals surface area contributed by atoms with Gasteiger partial charge in [0.05, 0.1) is 13.7 Å². The zero-order valence-electron chi connectivity index (χ0n) is 14.5. The van der Waals surface area contributed by atoms with E-state index in [0.29, 0.717) is 23.2 Å². The van der Waals surface area contributed by atoms with Gasteiger partial charge in [-0.1, -0.05) is 35.5 Å². The standard InChI is InChI=1S/C19H19N3O4/c1-13(25-15-8-4-3-5-9-15)19(23)20-12-17-21-18(22-26-17)14-7-6-10-16(11-14)24-2/h3-11,13H,12H2,1-2H3,(H,20,23)/t13-/m0/s1. The first-order chi connectivity index (χ1) is 12.7. The number of para-hydroxylation sites is 1. The summed E-state index contributed by atoms with van der Waals surface area (Å²) in [5.74, 6) is 1.81. The van der Waals surface area contributed by atoms with E-state index in [0.717, 1.165) is 5.56 Å². The average Bonchev–Trinajstić information content (AvgIpc) is 3.16. The van der Waals surface area contributed by atoms with E-state index < -0.39 is 6.10 Å². The summed E-state index contributed by atoms with van der Waals surface area (Å²) in [6, 6.07) is 16.5. The number of methoxy groups -OCH3 is 1. The third-order valence-electron chi connectivity index (χ3n) is 3.64. The largest absolute Gasteiger partial charge is 0.497 e. The monoisotopic (exact) mass is 353 g/mol. The van der Waals surface area contributed by atoms with Crippen molar-refractivity contribution in [2.75, 3.05) is 7.11 Å². The van der Waals surface area contributed by atoms with E-state index in [1.54, 1.807) is 26.2 Å². The quantitative estimate of drug-likeness (QED) is 0.703. The molecule has 0 spiro atoms. The number of rotatable bonds is 7. The Morgan fingerprint density at radius 2 is 1.92 bits per heavy atom.